The van der Waals surface area contributed by atoms with Gasteiger partial charge in [-0.1, -0.05) is 89.5 Å². The van der Waals surface area contributed by atoms with E-state index in [2.05, 4.69) is 13.8 Å². The van der Waals surface area contributed by atoms with Gasteiger partial charge in [0.15, 0.2) is 0 Å². The molecule has 0 heterocycles. The molecule has 1 radical (unpaired) electrons. The first kappa shape index (κ1) is 28.9. The van der Waals surface area contributed by atoms with E-state index in [4.69, 9.17) is 0 Å². The Morgan fingerprint density at radius 2 is 1.21 bits per heavy atom. The van der Waals surface area contributed by atoms with Crippen molar-refractivity contribution in [2.45, 2.75) is 58.3 Å². The van der Waals surface area contributed by atoms with Crippen LogP contribution in [0.2, 0.25) is 0 Å². The van der Waals surface area contributed by atoms with Crippen molar-refractivity contribution in [1.29, 1.82) is 0 Å². The van der Waals surface area contributed by atoms with Crippen LogP contribution in [-0.4, -0.2) is 11.9 Å². The van der Waals surface area contributed by atoms with Crippen LogP contribution in [0.4, 0.5) is 0 Å². The molecule has 0 aliphatic carbocycles. The van der Waals surface area contributed by atoms with Crippen LogP contribution in [0.5, 0.6) is 0 Å². The molecule has 0 unspecified atom stereocenters. The molecule has 0 saturated heterocycles. The minimum atomic E-state index is -1.52. The Kier molecular flexibility index (Phi) is 23.5. The molecule has 1 rings (SSSR count). The maximum Gasteiger partial charge on any atom is 1.00 e. The van der Waals surface area contributed by atoms with Gasteiger partial charge in [0.1, 0.15) is 0 Å². The Morgan fingerprint density at radius 1 is 0.833 bits per heavy atom. The van der Waals surface area contributed by atoms with Crippen molar-refractivity contribution in [3.05, 3.63) is 42.3 Å². The van der Waals surface area contributed by atoms with Gasteiger partial charge in [-0.3, -0.25) is 0 Å². The maximum absolute atomic E-state index is 10.3. The first-order chi connectivity index (χ1) is 10.5. The number of rotatable bonds is 9. The predicted molar refractivity (Wildman–Crippen MR) is 83.1 cm³/mol. The van der Waals surface area contributed by atoms with E-state index in [-0.39, 0.29) is 70.2 Å². The summed E-state index contributed by atoms with van der Waals surface area (Å²) >= 11 is 0. The molecule has 1 aromatic carbocycles. The number of unbranched alkanes of at least 4 members (excludes halogenated alkanes) is 7. The van der Waals surface area contributed by atoms with E-state index in [9.17, 15) is 19.8 Å². The van der Waals surface area contributed by atoms with E-state index < -0.39 is 11.9 Å². The average Bonchev–Trinajstić information content (AvgIpc) is 2.51. The molecule has 0 N–H and O–H groups in total. The zero-order valence-corrected chi connectivity index (χ0v) is 19.3. The van der Waals surface area contributed by atoms with Crippen LogP contribution >= 0.6 is 0 Å². The minimum absolute atomic E-state index is 0. The van der Waals surface area contributed by atoms with Crippen LogP contribution in [0.3, 0.4) is 0 Å². The molecular formula is C18H25Na2O4. The molecule has 0 atom stereocenters. The summed E-state index contributed by atoms with van der Waals surface area (Å²) in [5.74, 6) is -3.04. The van der Waals surface area contributed by atoms with Gasteiger partial charge in [-0.05, 0) is 0 Å². The first-order valence-corrected chi connectivity index (χ1v) is 7.85. The summed E-state index contributed by atoms with van der Waals surface area (Å²) in [7, 11) is 0. The quantitative estimate of drug-likeness (QED) is 0.340. The second kappa shape index (κ2) is 19.5. The summed E-state index contributed by atoms with van der Waals surface area (Å²) in [6, 6.07) is 5.14. The maximum atomic E-state index is 10.3. The zero-order valence-electron chi connectivity index (χ0n) is 15.3. The summed E-state index contributed by atoms with van der Waals surface area (Å²) in [5.41, 5.74) is -0.727. The number of carboxylic acids is 2. The molecular weight excluding hydrogens is 326 g/mol. The zero-order chi connectivity index (χ0) is 16.8. The van der Waals surface area contributed by atoms with Gasteiger partial charge < -0.3 is 19.8 Å². The van der Waals surface area contributed by atoms with E-state index in [0.29, 0.717) is 0 Å². The molecule has 123 valence electrons. The Bertz CT molecular complexity index is 409. The number of hydrogen-bond acceptors (Lipinski definition) is 4. The molecule has 0 bridgehead atoms. The van der Waals surface area contributed by atoms with E-state index in [1.807, 2.05) is 0 Å². The third-order valence-electron chi connectivity index (χ3n) is 3.22. The summed E-state index contributed by atoms with van der Waals surface area (Å²) in [5, 5.41) is 20.6. The van der Waals surface area contributed by atoms with Gasteiger partial charge in [0.25, 0.3) is 0 Å². The number of aromatic carboxylic acids is 2. The van der Waals surface area contributed by atoms with Gasteiger partial charge in [-0.15, -0.1) is 0 Å². The summed E-state index contributed by atoms with van der Waals surface area (Å²) in [4.78, 5) is 20.6. The summed E-state index contributed by atoms with van der Waals surface area (Å²) < 4.78 is 0. The Labute approximate surface area is 190 Å². The smallest absolute Gasteiger partial charge is 0.545 e. The number of carbonyl (C=O) groups excluding carboxylic acids is 2. The monoisotopic (exact) mass is 351 g/mol. The van der Waals surface area contributed by atoms with Crippen molar-refractivity contribution < 1.29 is 78.9 Å². The van der Waals surface area contributed by atoms with Crippen LogP contribution in [0, 0.1) is 6.92 Å². The SMILES string of the molecule is O=C([O-])c1ccccc1C(=O)[O-].[CH2]CCCCCCCCC.[Na+].[Na+]. The molecule has 1 aromatic rings. The van der Waals surface area contributed by atoms with E-state index in [1.54, 1.807) is 0 Å². The Morgan fingerprint density at radius 3 is 1.54 bits per heavy atom. The van der Waals surface area contributed by atoms with Crippen molar-refractivity contribution in [3.8, 4) is 0 Å². The van der Waals surface area contributed by atoms with Gasteiger partial charge in [0, 0.05) is 11.1 Å². The van der Waals surface area contributed by atoms with Crippen LogP contribution < -0.4 is 69.3 Å². The van der Waals surface area contributed by atoms with Crippen molar-refractivity contribution >= 4 is 11.9 Å². The van der Waals surface area contributed by atoms with Crippen LogP contribution in [0.1, 0.15) is 79.0 Å². The molecule has 6 heteroatoms. The number of carboxylic acid groups (broad SMARTS) is 2. The van der Waals surface area contributed by atoms with Gasteiger partial charge in [0.2, 0.25) is 0 Å². The fraction of sp³-hybridized carbons (Fsp3) is 0.500. The normalized spacial score (nSPS) is 8.92. The molecule has 0 aliphatic rings. The molecule has 0 amide bonds. The van der Waals surface area contributed by atoms with Gasteiger partial charge in [0.05, 0.1) is 11.9 Å². The summed E-state index contributed by atoms with van der Waals surface area (Å²) in [6.07, 6.45) is 10.9. The fourth-order valence-corrected chi connectivity index (χ4v) is 1.97. The number of carbonyl (C=O) groups is 2. The molecule has 4 nitrogen and oxygen atoms in total. The second-order valence-corrected chi connectivity index (χ2v) is 5.10. The number of hydrogen-bond donors (Lipinski definition) is 0. The standard InChI is InChI=1S/C10H21.C8H6O4.2Na/c1-3-5-7-9-10-8-6-4-2;9-7(10)5-3-1-2-4-6(5)8(11)12;;/h1,3-10H2,2H3;1-4H,(H,9,10)(H,11,12);;/q;;2*+1/p-2. The Balaban J connectivity index is -0.000000345. The largest absolute Gasteiger partial charge is 1.00 e. The van der Waals surface area contributed by atoms with Crippen molar-refractivity contribution in [3.63, 3.8) is 0 Å². The second-order valence-electron chi connectivity index (χ2n) is 5.10. The molecule has 0 aromatic heterocycles. The Hall–Kier alpha value is 0.160. The fourth-order valence-electron chi connectivity index (χ4n) is 1.97. The van der Waals surface area contributed by atoms with Crippen LogP contribution in [-0.2, 0) is 0 Å². The van der Waals surface area contributed by atoms with Crippen molar-refractivity contribution in [2.24, 2.45) is 0 Å². The molecule has 0 aliphatic heterocycles. The number of benzene rings is 1. The van der Waals surface area contributed by atoms with Crippen molar-refractivity contribution in [1.82, 2.24) is 0 Å². The van der Waals surface area contributed by atoms with Gasteiger partial charge in [-0.2, -0.15) is 0 Å². The van der Waals surface area contributed by atoms with Crippen LogP contribution in [0.15, 0.2) is 24.3 Å². The topological polar surface area (TPSA) is 80.3 Å². The average molecular weight is 351 g/mol. The molecule has 0 spiro atoms. The summed E-state index contributed by atoms with van der Waals surface area (Å²) in [6.45, 7) is 6.08. The molecule has 0 fully saturated rings. The van der Waals surface area contributed by atoms with Gasteiger partial charge >= 0.3 is 59.1 Å². The van der Waals surface area contributed by atoms with E-state index in [1.165, 1.54) is 57.1 Å². The van der Waals surface area contributed by atoms with E-state index in [0.717, 1.165) is 18.6 Å². The minimum Gasteiger partial charge on any atom is -0.545 e. The molecule has 0 saturated carbocycles. The third kappa shape index (κ3) is 14.5. The van der Waals surface area contributed by atoms with Gasteiger partial charge in [-0.25, -0.2) is 0 Å². The predicted octanol–water partition coefficient (Wildman–Crippen LogP) is -3.62. The first-order valence-electron chi connectivity index (χ1n) is 7.85. The van der Waals surface area contributed by atoms with E-state index >= 15 is 0 Å². The van der Waals surface area contributed by atoms with Crippen molar-refractivity contribution in [2.75, 3.05) is 0 Å². The third-order valence-corrected chi connectivity index (χ3v) is 3.22. The molecule has 24 heavy (non-hydrogen) atoms. The van der Waals surface area contributed by atoms with Crippen LogP contribution in [0.25, 0.3) is 0 Å².